The molecule has 0 bridgehead atoms. The van der Waals surface area contributed by atoms with Crippen molar-refractivity contribution in [1.29, 1.82) is 0 Å². The van der Waals surface area contributed by atoms with Crippen LogP contribution in [0.1, 0.15) is 20.8 Å². The van der Waals surface area contributed by atoms with E-state index in [9.17, 15) is 12.9 Å². The van der Waals surface area contributed by atoms with Crippen LogP contribution in [0.2, 0.25) is 0 Å². The standard InChI is InChI=1S/C10H18BF3NO/c1-8(11(12,13)14)5-15-6-9(2)16-10(3,4)7-15/h9H,1,5-7H2,2-4H3/q-1. The lowest BCUT2D eigenvalue weighted by Gasteiger charge is -2.42. The molecule has 0 radical (unpaired) electrons. The number of hydrogen-bond donors (Lipinski definition) is 0. The van der Waals surface area contributed by atoms with E-state index < -0.39 is 18.1 Å². The lowest BCUT2D eigenvalue weighted by atomic mass is 9.80. The minimum absolute atomic E-state index is 0.0442. The van der Waals surface area contributed by atoms with E-state index in [0.29, 0.717) is 13.1 Å². The molecule has 2 nitrogen and oxygen atoms in total. The van der Waals surface area contributed by atoms with Gasteiger partial charge in [-0.2, -0.15) is 0 Å². The van der Waals surface area contributed by atoms with E-state index in [1.54, 1.807) is 4.90 Å². The van der Waals surface area contributed by atoms with Gasteiger partial charge in [0.05, 0.1) is 11.7 Å². The van der Waals surface area contributed by atoms with E-state index >= 15 is 0 Å². The van der Waals surface area contributed by atoms with Crippen molar-refractivity contribution in [3.63, 3.8) is 0 Å². The molecule has 1 unspecified atom stereocenters. The molecule has 0 aromatic rings. The molecule has 1 fully saturated rings. The van der Waals surface area contributed by atoms with Crippen molar-refractivity contribution in [3.8, 4) is 0 Å². The van der Waals surface area contributed by atoms with Crippen LogP contribution >= 0.6 is 0 Å². The van der Waals surface area contributed by atoms with E-state index in [1.807, 2.05) is 20.8 Å². The number of rotatable bonds is 3. The first-order valence-electron chi connectivity index (χ1n) is 5.38. The van der Waals surface area contributed by atoms with Crippen LogP contribution in [-0.2, 0) is 4.74 Å². The van der Waals surface area contributed by atoms with E-state index in [2.05, 4.69) is 6.58 Å². The first-order chi connectivity index (χ1) is 7.10. The molecule has 0 amide bonds. The number of nitrogens with zero attached hydrogens (tertiary/aromatic N) is 1. The summed E-state index contributed by atoms with van der Waals surface area (Å²) in [5.74, 6) is 0. The summed E-state index contributed by atoms with van der Waals surface area (Å²) in [7, 11) is 0. The Bertz CT molecular complexity index is 278. The van der Waals surface area contributed by atoms with Crippen molar-refractivity contribution in [3.05, 3.63) is 12.1 Å². The van der Waals surface area contributed by atoms with Gasteiger partial charge in [-0.1, -0.05) is 0 Å². The van der Waals surface area contributed by atoms with Crippen molar-refractivity contribution in [2.75, 3.05) is 19.6 Å². The molecular weight excluding hydrogens is 218 g/mol. The van der Waals surface area contributed by atoms with Crippen LogP contribution < -0.4 is 0 Å². The first kappa shape index (κ1) is 13.6. The second-order valence-electron chi connectivity index (χ2n) is 5.09. The smallest absolute Gasteiger partial charge is 0.445 e. The molecule has 1 rings (SSSR count). The van der Waals surface area contributed by atoms with Crippen molar-refractivity contribution >= 4 is 6.98 Å². The zero-order chi connectivity index (χ0) is 12.6. The highest BCUT2D eigenvalue weighted by Gasteiger charge is 2.34. The van der Waals surface area contributed by atoms with E-state index in [4.69, 9.17) is 4.74 Å². The molecule has 1 saturated heterocycles. The van der Waals surface area contributed by atoms with Crippen LogP contribution in [0, 0.1) is 0 Å². The molecule has 0 aromatic carbocycles. The second-order valence-corrected chi connectivity index (χ2v) is 5.09. The molecule has 1 aliphatic rings. The van der Waals surface area contributed by atoms with Gasteiger partial charge >= 0.3 is 6.98 Å². The summed E-state index contributed by atoms with van der Waals surface area (Å²) < 4.78 is 42.8. The monoisotopic (exact) mass is 236 g/mol. The Kier molecular flexibility index (Phi) is 3.74. The molecule has 1 atom stereocenters. The van der Waals surface area contributed by atoms with Crippen molar-refractivity contribution in [2.24, 2.45) is 0 Å². The maximum absolute atomic E-state index is 12.4. The summed E-state index contributed by atoms with van der Waals surface area (Å²) in [6, 6.07) is 0. The van der Waals surface area contributed by atoms with Crippen LogP contribution in [0.25, 0.3) is 0 Å². The van der Waals surface area contributed by atoms with E-state index in [0.717, 1.165) is 0 Å². The van der Waals surface area contributed by atoms with Gasteiger partial charge in [0.2, 0.25) is 0 Å². The van der Waals surface area contributed by atoms with E-state index in [1.165, 1.54) is 0 Å². The summed E-state index contributed by atoms with van der Waals surface area (Å²) in [6.07, 6.45) is -0.0442. The Balaban J connectivity index is 2.58. The molecule has 0 saturated carbocycles. The molecule has 94 valence electrons. The minimum Gasteiger partial charge on any atom is -0.445 e. The quantitative estimate of drug-likeness (QED) is 0.697. The summed E-state index contributed by atoms with van der Waals surface area (Å²) >= 11 is 0. The molecule has 0 spiro atoms. The zero-order valence-electron chi connectivity index (χ0n) is 9.97. The lowest BCUT2D eigenvalue weighted by Crippen LogP contribution is -2.52. The van der Waals surface area contributed by atoms with Crippen LogP contribution in [0.5, 0.6) is 0 Å². The summed E-state index contributed by atoms with van der Waals surface area (Å²) in [5, 5.41) is 0. The SMILES string of the molecule is C=C(CN1CC(C)OC(C)(C)C1)[B-](F)(F)F. The largest absolute Gasteiger partial charge is 0.506 e. The van der Waals surface area contributed by atoms with Crippen LogP contribution in [-0.4, -0.2) is 43.2 Å². The van der Waals surface area contributed by atoms with Crippen molar-refractivity contribution in [1.82, 2.24) is 4.90 Å². The minimum atomic E-state index is -4.93. The zero-order valence-corrected chi connectivity index (χ0v) is 9.97. The molecule has 1 aliphatic heterocycles. The van der Waals surface area contributed by atoms with Crippen molar-refractivity contribution < 1.29 is 17.7 Å². The predicted molar refractivity (Wildman–Crippen MR) is 59.3 cm³/mol. The van der Waals surface area contributed by atoms with Gasteiger partial charge in [-0.3, -0.25) is 4.90 Å². The van der Waals surface area contributed by atoms with Gasteiger partial charge in [0.25, 0.3) is 0 Å². The predicted octanol–water partition coefficient (Wildman–Crippen LogP) is 2.43. The number of ether oxygens (including phenoxy) is 1. The van der Waals surface area contributed by atoms with Gasteiger partial charge in [0.1, 0.15) is 0 Å². The molecular formula is C10H18BF3NO-. The third-order valence-electron chi connectivity index (χ3n) is 2.53. The van der Waals surface area contributed by atoms with Gasteiger partial charge in [0, 0.05) is 13.1 Å². The molecule has 6 heteroatoms. The maximum atomic E-state index is 12.4. The third kappa shape index (κ3) is 3.83. The number of halogens is 3. The summed E-state index contributed by atoms with van der Waals surface area (Å²) in [6.45, 7) is 4.74. The molecule has 0 aliphatic carbocycles. The van der Waals surface area contributed by atoms with Gasteiger partial charge in [-0.15, -0.1) is 12.1 Å². The van der Waals surface area contributed by atoms with Crippen LogP contribution in [0.4, 0.5) is 12.9 Å². The number of hydrogen-bond acceptors (Lipinski definition) is 2. The van der Waals surface area contributed by atoms with Gasteiger partial charge < -0.3 is 17.7 Å². The van der Waals surface area contributed by atoms with Crippen LogP contribution in [0.3, 0.4) is 0 Å². The maximum Gasteiger partial charge on any atom is 0.506 e. The first-order valence-corrected chi connectivity index (χ1v) is 5.38. The Morgan fingerprint density at radius 3 is 2.50 bits per heavy atom. The molecule has 16 heavy (non-hydrogen) atoms. The summed E-state index contributed by atoms with van der Waals surface area (Å²) in [5.41, 5.74) is -1.03. The highest BCUT2D eigenvalue weighted by atomic mass is 19.4. The van der Waals surface area contributed by atoms with Gasteiger partial charge in [-0.25, -0.2) is 0 Å². The fourth-order valence-electron chi connectivity index (χ4n) is 2.10. The van der Waals surface area contributed by atoms with Crippen molar-refractivity contribution in [2.45, 2.75) is 32.5 Å². The van der Waals surface area contributed by atoms with Gasteiger partial charge in [-0.05, 0) is 27.3 Å². The Morgan fingerprint density at radius 1 is 1.50 bits per heavy atom. The normalized spacial score (nSPS) is 26.8. The molecule has 0 aromatic heterocycles. The Labute approximate surface area is 94.5 Å². The summed E-state index contributed by atoms with van der Waals surface area (Å²) in [4.78, 5) is 1.76. The fraction of sp³-hybridized carbons (Fsp3) is 0.800. The molecule has 1 heterocycles. The average Bonchev–Trinajstić information content (AvgIpc) is 1.97. The van der Waals surface area contributed by atoms with Gasteiger partial charge in [0.15, 0.2) is 0 Å². The highest BCUT2D eigenvalue weighted by molar-refractivity contribution is 6.66. The fourth-order valence-corrected chi connectivity index (χ4v) is 2.10. The number of morpholine rings is 1. The average molecular weight is 236 g/mol. The Morgan fingerprint density at radius 2 is 2.06 bits per heavy atom. The molecule has 0 N–H and O–H groups in total. The second kappa shape index (κ2) is 4.41. The topological polar surface area (TPSA) is 12.5 Å². The Hall–Kier alpha value is -0.485. The van der Waals surface area contributed by atoms with E-state index in [-0.39, 0.29) is 12.6 Å². The lowest BCUT2D eigenvalue weighted by molar-refractivity contribution is -0.126. The highest BCUT2D eigenvalue weighted by Crippen LogP contribution is 2.24. The third-order valence-corrected chi connectivity index (χ3v) is 2.53. The van der Waals surface area contributed by atoms with Crippen LogP contribution in [0.15, 0.2) is 12.1 Å².